The number of aromatic nitrogens is 1. The summed E-state index contributed by atoms with van der Waals surface area (Å²) >= 11 is 0. The van der Waals surface area contributed by atoms with E-state index in [0.717, 1.165) is 38.9 Å². The van der Waals surface area contributed by atoms with E-state index in [4.69, 9.17) is 18.6 Å². The van der Waals surface area contributed by atoms with Crippen molar-refractivity contribution >= 4 is 16.8 Å². The molecule has 0 saturated heterocycles. The van der Waals surface area contributed by atoms with Crippen LogP contribution in [0.25, 0.3) is 10.9 Å². The summed E-state index contributed by atoms with van der Waals surface area (Å²) in [6.45, 7) is 1.40. The van der Waals surface area contributed by atoms with Crippen LogP contribution in [-0.4, -0.2) is 24.7 Å². The number of rotatable bonds is 13. The maximum Gasteiger partial charge on any atom is 0.221 e. The molecule has 0 aliphatic carbocycles. The molecule has 1 amide bonds. The second-order valence-electron chi connectivity index (χ2n) is 10.9. The molecule has 2 aromatic heterocycles. The number of hydrogen-bond acceptors (Lipinski definition) is 5. The fourth-order valence-corrected chi connectivity index (χ4v) is 5.63. The van der Waals surface area contributed by atoms with E-state index < -0.39 is 0 Å². The van der Waals surface area contributed by atoms with Crippen LogP contribution in [0.15, 0.2) is 126 Å². The number of carbonyl (C=O) groups is 1. The lowest BCUT2D eigenvalue weighted by Crippen LogP contribution is -2.24. The maximum atomic E-state index is 13.5. The molecule has 0 spiro atoms. The van der Waals surface area contributed by atoms with E-state index >= 15 is 0 Å². The first kappa shape index (κ1) is 29.6. The number of nitrogens with one attached hydrogen (secondary N) is 1. The van der Waals surface area contributed by atoms with Crippen molar-refractivity contribution < 1.29 is 23.4 Å². The minimum Gasteiger partial charge on any atom is -0.497 e. The Morgan fingerprint density at radius 1 is 0.822 bits per heavy atom. The lowest BCUT2D eigenvalue weighted by Gasteiger charge is -2.20. The fraction of sp³-hybridized carbons (Fsp3) is 0.184. The van der Waals surface area contributed by atoms with Gasteiger partial charge in [0, 0.05) is 36.0 Å². The highest BCUT2D eigenvalue weighted by Gasteiger charge is 2.24. The summed E-state index contributed by atoms with van der Waals surface area (Å²) in [7, 11) is 3.31. The molecular weight excluding hydrogens is 564 g/mol. The van der Waals surface area contributed by atoms with E-state index in [9.17, 15) is 4.79 Å². The summed E-state index contributed by atoms with van der Waals surface area (Å²) in [5, 5.41) is 4.13. The predicted molar refractivity (Wildman–Crippen MR) is 175 cm³/mol. The monoisotopic (exact) mass is 600 g/mol. The number of ether oxygens (including phenoxy) is 3. The van der Waals surface area contributed by atoms with E-state index in [0.29, 0.717) is 37.0 Å². The summed E-state index contributed by atoms with van der Waals surface area (Å²) in [5.74, 6) is 2.46. The number of benzene rings is 4. The molecule has 6 aromatic rings. The normalized spacial score (nSPS) is 11.7. The van der Waals surface area contributed by atoms with Gasteiger partial charge in [-0.15, -0.1) is 0 Å². The molecule has 7 heteroatoms. The highest BCUT2D eigenvalue weighted by atomic mass is 16.5. The van der Waals surface area contributed by atoms with Crippen LogP contribution in [0.3, 0.4) is 0 Å². The van der Waals surface area contributed by atoms with E-state index in [-0.39, 0.29) is 18.2 Å². The van der Waals surface area contributed by atoms with Gasteiger partial charge < -0.3 is 28.5 Å². The summed E-state index contributed by atoms with van der Waals surface area (Å²) in [6, 6.07) is 36.1. The lowest BCUT2D eigenvalue weighted by molar-refractivity contribution is -0.121. The number of fused-ring (bicyclic) bond motifs is 1. The van der Waals surface area contributed by atoms with Gasteiger partial charge in [-0.1, -0.05) is 66.7 Å². The molecule has 1 unspecified atom stereocenters. The average Bonchev–Trinajstić information content (AvgIpc) is 3.74. The van der Waals surface area contributed by atoms with Crippen molar-refractivity contribution in [3.63, 3.8) is 0 Å². The highest BCUT2D eigenvalue weighted by Crippen LogP contribution is 2.39. The Bertz CT molecular complexity index is 1840. The first-order valence-corrected chi connectivity index (χ1v) is 15.0. The molecule has 45 heavy (non-hydrogen) atoms. The molecular formula is C38H36N2O5. The van der Waals surface area contributed by atoms with Crippen LogP contribution in [0.1, 0.15) is 40.4 Å². The van der Waals surface area contributed by atoms with Gasteiger partial charge in [0.15, 0.2) is 11.5 Å². The van der Waals surface area contributed by atoms with E-state index in [1.807, 2.05) is 84.9 Å². The summed E-state index contributed by atoms with van der Waals surface area (Å²) in [4.78, 5) is 13.5. The van der Waals surface area contributed by atoms with E-state index in [2.05, 4.69) is 40.3 Å². The van der Waals surface area contributed by atoms with E-state index in [1.54, 1.807) is 20.5 Å². The maximum absolute atomic E-state index is 13.5. The minimum atomic E-state index is -0.256. The third-order valence-corrected chi connectivity index (χ3v) is 7.96. The van der Waals surface area contributed by atoms with E-state index in [1.165, 1.54) is 0 Å². The second-order valence-corrected chi connectivity index (χ2v) is 10.9. The molecule has 0 aliphatic rings. The number of carbonyl (C=O) groups excluding carboxylic acids is 1. The molecule has 0 bridgehead atoms. The first-order chi connectivity index (χ1) is 22.1. The second kappa shape index (κ2) is 13.9. The number of amides is 1. The predicted octanol–water partition coefficient (Wildman–Crippen LogP) is 7.72. The zero-order valence-electron chi connectivity index (χ0n) is 25.4. The molecule has 0 radical (unpaired) electrons. The van der Waals surface area contributed by atoms with Crippen molar-refractivity contribution in [2.45, 2.75) is 32.0 Å². The summed E-state index contributed by atoms with van der Waals surface area (Å²) < 4.78 is 25.0. The Balaban J connectivity index is 1.37. The Morgan fingerprint density at radius 2 is 1.62 bits per heavy atom. The number of methoxy groups -OCH3 is 2. The largest absolute Gasteiger partial charge is 0.497 e. The van der Waals surface area contributed by atoms with Gasteiger partial charge in [-0.2, -0.15) is 0 Å². The van der Waals surface area contributed by atoms with Crippen LogP contribution in [-0.2, 0) is 24.5 Å². The Kier molecular flexibility index (Phi) is 9.16. The number of para-hydroxylation sites is 1. The SMILES string of the molecule is COc1ccc(Cn2cc(C(CC(=O)NCc3ccco3)c3ccc(OC)c(OCc4ccccc4)c3)c3ccccc32)cc1. The molecule has 228 valence electrons. The molecule has 7 nitrogen and oxygen atoms in total. The molecule has 6 rings (SSSR count). The van der Waals surface area contributed by atoms with Gasteiger partial charge in [-0.3, -0.25) is 4.79 Å². The van der Waals surface area contributed by atoms with Gasteiger partial charge in [-0.05, 0) is 64.7 Å². The van der Waals surface area contributed by atoms with Crippen LogP contribution in [0.2, 0.25) is 0 Å². The molecule has 1 atom stereocenters. The first-order valence-electron chi connectivity index (χ1n) is 15.0. The van der Waals surface area contributed by atoms with Crippen LogP contribution in [0.4, 0.5) is 0 Å². The van der Waals surface area contributed by atoms with Gasteiger partial charge >= 0.3 is 0 Å². The van der Waals surface area contributed by atoms with Gasteiger partial charge in [0.2, 0.25) is 5.91 Å². The summed E-state index contributed by atoms with van der Waals surface area (Å²) in [5.41, 5.74) is 5.32. The standard InChI is InChI=1S/C38H36N2O5/c1-42-30-17-14-27(15-18-30)24-40-25-34(32-12-6-7-13-35(32)40)33(22-38(41)39-23-31-11-8-20-44-31)29-16-19-36(43-2)37(21-29)45-26-28-9-4-3-5-10-28/h3-21,25,33H,22-24,26H2,1-2H3,(H,39,41). The smallest absolute Gasteiger partial charge is 0.221 e. The Morgan fingerprint density at radius 3 is 2.38 bits per heavy atom. The molecule has 0 saturated carbocycles. The molecule has 4 aromatic carbocycles. The zero-order valence-corrected chi connectivity index (χ0v) is 25.4. The zero-order chi connectivity index (χ0) is 31.0. The van der Waals surface area contributed by atoms with Crippen LogP contribution >= 0.6 is 0 Å². The van der Waals surface area contributed by atoms with Gasteiger partial charge in [0.1, 0.15) is 18.1 Å². The van der Waals surface area contributed by atoms with Crippen molar-refractivity contribution in [1.82, 2.24) is 9.88 Å². The van der Waals surface area contributed by atoms with Crippen molar-refractivity contribution in [1.29, 1.82) is 0 Å². The van der Waals surface area contributed by atoms with Crippen molar-refractivity contribution in [2.75, 3.05) is 14.2 Å². The molecule has 0 fully saturated rings. The summed E-state index contributed by atoms with van der Waals surface area (Å²) in [6.07, 6.45) is 4.02. The average molecular weight is 601 g/mol. The third-order valence-electron chi connectivity index (χ3n) is 7.96. The van der Waals surface area contributed by atoms with Crippen LogP contribution < -0.4 is 19.5 Å². The molecule has 0 aliphatic heterocycles. The quantitative estimate of drug-likeness (QED) is 0.147. The third kappa shape index (κ3) is 7.04. The highest BCUT2D eigenvalue weighted by molar-refractivity contribution is 5.87. The van der Waals surface area contributed by atoms with Crippen LogP contribution in [0.5, 0.6) is 17.2 Å². The van der Waals surface area contributed by atoms with Gasteiger partial charge in [0.25, 0.3) is 0 Å². The number of nitrogens with zero attached hydrogens (tertiary/aromatic N) is 1. The Labute approximate surface area is 263 Å². The van der Waals surface area contributed by atoms with Gasteiger partial charge in [0.05, 0.1) is 27.0 Å². The van der Waals surface area contributed by atoms with Crippen molar-refractivity contribution in [2.24, 2.45) is 0 Å². The minimum absolute atomic E-state index is 0.0778. The number of hydrogen-bond donors (Lipinski definition) is 1. The lowest BCUT2D eigenvalue weighted by atomic mass is 9.87. The number of furan rings is 1. The van der Waals surface area contributed by atoms with Gasteiger partial charge in [-0.25, -0.2) is 0 Å². The molecule has 1 N–H and O–H groups in total. The fourth-order valence-electron chi connectivity index (χ4n) is 5.63. The molecule has 2 heterocycles. The van der Waals surface area contributed by atoms with Crippen molar-refractivity contribution in [3.8, 4) is 17.2 Å². The topological polar surface area (TPSA) is 74.9 Å². The Hall–Kier alpha value is -5.43. The van der Waals surface area contributed by atoms with Crippen molar-refractivity contribution in [3.05, 3.63) is 150 Å². The van der Waals surface area contributed by atoms with Crippen LogP contribution in [0, 0.1) is 0 Å².